The lowest BCUT2D eigenvalue weighted by atomic mass is 10.0. The largest absolute Gasteiger partial charge is 0.383 e. The van der Waals surface area contributed by atoms with Crippen LogP contribution in [0.4, 0.5) is 0 Å². The van der Waals surface area contributed by atoms with Gasteiger partial charge in [-0.2, -0.15) is 0 Å². The van der Waals surface area contributed by atoms with Crippen LogP contribution in [0.3, 0.4) is 0 Å². The molecule has 2 nitrogen and oxygen atoms in total. The standard InChI is InChI=1S/C19H37BrO2/c1-3-4-5-6-7-8-9-10-11-12-13-14-15-16-17-18(2)19(21)22-20/h18H,3-17H2,1-2H3. The Kier molecular flexibility index (Phi) is 17.3. The van der Waals surface area contributed by atoms with Gasteiger partial charge in [0, 0.05) is 0 Å². The first-order valence-corrected chi connectivity index (χ1v) is 10.2. The molecule has 1 atom stereocenters. The third-order valence-electron chi connectivity index (χ3n) is 4.47. The summed E-state index contributed by atoms with van der Waals surface area (Å²) >= 11 is 2.75. The molecular weight excluding hydrogens is 340 g/mol. The molecule has 0 saturated carbocycles. The van der Waals surface area contributed by atoms with Crippen molar-refractivity contribution in [1.82, 2.24) is 0 Å². The minimum atomic E-state index is -0.144. The third-order valence-corrected chi connectivity index (χ3v) is 4.79. The smallest absolute Gasteiger partial charge is 0.320 e. The van der Waals surface area contributed by atoms with E-state index in [0.717, 1.165) is 12.8 Å². The van der Waals surface area contributed by atoms with E-state index >= 15 is 0 Å². The number of hydrogen-bond donors (Lipinski definition) is 0. The van der Waals surface area contributed by atoms with Crippen LogP contribution in [-0.2, 0) is 8.62 Å². The fourth-order valence-electron chi connectivity index (χ4n) is 2.84. The first-order chi connectivity index (χ1) is 10.7. The van der Waals surface area contributed by atoms with E-state index in [4.69, 9.17) is 0 Å². The average Bonchev–Trinajstić information content (AvgIpc) is 2.54. The fourth-order valence-corrected chi connectivity index (χ4v) is 3.16. The second kappa shape index (κ2) is 17.3. The summed E-state index contributed by atoms with van der Waals surface area (Å²) in [5.74, 6) is -0.119. The zero-order chi connectivity index (χ0) is 16.5. The van der Waals surface area contributed by atoms with Crippen molar-refractivity contribution < 1.29 is 8.62 Å². The third kappa shape index (κ3) is 14.9. The van der Waals surface area contributed by atoms with Crippen LogP contribution in [0.25, 0.3) is 0 Å². The van der Waals surface area contributed by atoms with Crippen LogP contribution in [0.15, 0.2) is 0 Å². The number of hydrogen-bond acceptors (Lipinski definition) is 2. The second-order valence-corrected chi connectivity index (χ2v) is 7.01. The van der Waals surface area contributed by atoms with E-state index in [1.54, 1.807) is 0 Å². The number of carbonyl (C=O) groups is 1. The maximum atomic E-state index is 11.2. The molecule has 0 aliphatic heterocycles. The van der Waals surface area contributed by atoms with Gasteiger partial charge in [-0.1, -0.05) is 104 Å². The van der Waals surface area contributed by atoms with Crippen LogP contribution in [0.5, 0.6) is 0 Å². The van der Waals surface area contributed by atoms with E-state index in [0.29, 0.717) is 0 Å². The molecule has 0 heterocycles. The molecule has 0 N–H and O–H groups in total. The van der Waals surface area contributed by atoms with Crippen molar-refractivity contribution in [3.63, 3.8) is 0 Å². The number of rotatable bonds is 16. The molecular formula is C19H37BrO2. The van der Waals surface area contributed by atoms with Crippen molar-refractivity contribution in [2.45, 2.75) is 110 Å². The SMILES string of the molecule is CCCCCCCCCCCCCCCCC(C)C(=O)OBr. The number of carbonyl (C=O) groups excluding carboxylic acids is 1. The highest BCUT2D eigenvalue weighted by Crippen LogP contribution is 2.15. The first-order valence-electron chi connectivity index (χ1n) is 9.54. The summed E-state index contributed by atoms with van der Waals surface area (Å²) < 4.78 is 4.56. The van der Waals surface area contributed by atoms with Crippen LogP contribution in [0, 0.1) is 5.92 Å². The van der Waals surface area contributed by atoms with E-state index in [1.165, 1.54) is 83.5 Å². The molecule has 22 heavy (non-hydrogen) atoms. The monoisotopic (exact) mass is 376 g/mol. The predicted octanol–water partition coefficient (Wildman–Crippen LogP) is 7.35. The summed E-state index contributed by atoms with van der Waals surface area (Å²) in [6.07, 6.45) is 20.1. The molecule has 0 bridgehead atoms. The highest BCUT2D eigenvalue weighted by Gasteiger charge is 2.12. The van der Waals surface area contributed by atoms with Crippen LogP contribution >= 0.6 is 16.3 Å². The summed E-state index contributed by atoms with van der Waals surface area (Å²) in [7, 11) is 0. The maximum Gasteiger partial charge on any atom is 0.320 e. The maximum absolute atomic E-state index is 11.2. The van der Waals surface area contributed by atoms with Crippen LogP contribution < -0.4 is 0 Å². The van der Waals surface area contributed by atoms with Gasteiger partial charge in [0.1, 0.15) is 0 Å². The van der Waals surface area contributed by atoms with Gasteiger partial charge in [-0.3, -0.25) is 4.79 Å². The molecule has 0 aliphatic rings. The zero-order valence-electron chi connectivity index (χ0n) is 14.9. The van der Waals surface area contributed by atoms with E-state index in [1.807, 2.05) is 6.92 Å². The van der Waals surface area contributed by atoms with E-state index in [2.05, 4.69) is 27.0 Å². The minimum absolute atomic E-state index is 0.0247. The Morgan fingerprint density at radius 2 is 1.14 bits per heavy atom. The normalized spacial score (nSPS) is 12.3. The molecule has 0 aromatic carbocycles. The summed E-state index contributed by atoms with van der Waals surface area (Å²) in [5.41, 5.74) is 0. The molecule has 132 valence electrons. The summed E-state index contributed by atoms with van der Waals surface area (Å²) in [6.45, 7) is 4.21. The van der Waals surface area contributed by atoms with Gasteiger partial charge in [-0.25, -0.2) is 0 Å². The average molecular weight is 377 g/mol. The zero-order valence-corrected chi connectivity index (χ0v) is 16.5. The lowest BCUT2D eigenvalue weighted by Crippen LogP contribution is -2.09. The van der Waals surface area contributed by atoms with Crippen LogP contribution in [0.1, 0.15) is 110 Å². The quantitative estimate of drug-likeness (QED) is 0.263. The fraction of sp³-hybridized carbons (Fsp3) is 0.947. The van der Waals surface area contributed by atoms with Crippen LogP contribution in [-0.4, -0.2) is 5.97 Å². The van der Waals surface area contributed by atoms with Crippen molar-refractivity contribution >= 4 is 22.2 Å². The van der Waals surface area contributed by atoms with Crippen molar-refractivity contribution in [2.24, 2.45) is 5.92 Å². The molecule has 3 heteroatoms. The van der Waals surface area contributed by atoms with Gasteiger partial charge in [0.2, 0.25) is 0 Å². The van der Waals surface area contributed by atoms with Gasteiger partial charge in [-0.05, 0) is 6.42 Å². The van der Waals surface area contributed by atoms with Crippen molar-refractivity contribution in [1.29, 1.82) is 0 Å². The van der Waals surface area contributed by atoms with Gasteiger partial charge < -0.3 is 3.83 Å². The van der Waals surface area contributed by atoms with Crippen molar-refractivity contribution in [2.75, 3.05) is 0 Å². The van der Waals surface area contributed by atoms with Crippen molar-refractivity contribution in [3.05, 3.63) is 0 Å². The van der Waals surface area contributed by atoms with Gasteiger partial charge in [0.15, 0.2) is 16.3 Å². The Morgan fingerprint density at radius 1 is 0.773 bits per heavy atom. The molecule has 0 spiro atoms. The molecule has 1 unspecified atom stereocenters. The summed E-state index contributed by atoms with van der Waals surface area (Å²) in [4.78, 5) is 11.2. The molecule has 0 saturated heterocycles. The molecule has 0 amide bonds. The van der Waals surface area contributed by atoms with Crippen LogP contribution in [0.2, 0.25) is 0 Å². The molecule has 0 aromatic rings. The highest BCUT2D eigenvalue weighted by molar-refractivity contribution is 9.06. The predicted molar refractivity (Wildman–Crippen MR) is 99.1 cm³/mol. The van der Waals surface area contributed by atoms with Gasteiger partial charge in [0.05, 0.1) is 5.92 Å². The van der Waals surface area contributed by atoms with E-state index < -0.39 is 0 Å². The van der Waals surface area contributed by atoms with Crippen molar-refractivity contribution in [3.8, 4) is 0 Å². The first kappa shape index (κ1) is 21.9. The number of halogens is 1. The second-order valence-electron chi connectivity index (χ2n) is 6.68. The summed E-state index contributed by atoms with van der Waals surface area (Å²) in [5, 5.41) is 0. The highest BCUT2D eigenvalue weighted by atomic mass is 79.9. The Morgan fingerprint density at radius 3 is 1.50 bits per heavy atom. The lowest BCUT2D eigenvalue weighted by Gasteiger charge is -2.07. The lowest BCUT2D eigenvalue weighted by molar-refractivity contribution is -0.136. The van der Waals surface area contributed by atoms with E-state index in [9.17, 15) is 4.79 Å². The Hall–Kier alpha value is -0.0500. The topological polar surface area (TPSA) is 26.3 Å². The Balaban J connectivity index is 3.10. The van der Waals surface area contributed by atoms with Gasteiger partial charge >= 0.3 is 5.97 Å². The summed E-state index contributed by atoms with van der Waals surface area (Å²) in [6, 6.07) is 0. The number of unbranched alkanes of at least 4 members (excludes halogenated alkanes) is 13. The van der Waals surface area contributed by atoms with E-state index in [-0.39, 0.29) is 11.9 Å². The molecule has 0 fully saturated rings. The molecule has 0 rings (SSSR count). The van der Waals surface area contributed by atoms with Gasteiger partial charge in [0.25, 0.3) is 0 Å². The molecule has 0 aliphatic carbocycles. The molecule has 0 radical (unpaired) electrons. The Bertz CT molecular complexity index is 244. The minimum Gasteiger partial charge on any atom is -0.383 e. The molecule has 0 aromatic heterocycles. The Labute approximate surface area is 147 Å². The van der Waals surface area contributed by atoms with Gasteiger partial charge in [-0.15, -0.1) is 0 Å².